The van der Waals surface area contributed by atoms with Gasteiger partial charge in [0, 0.05) is 16.3 Å². The number of carbonyl (C=O) groups is 2. The highest BCUT2D eigenvalue weighted by molar-refractivity contribution is 8.01. The highest BCUT2D eigenvalue weighted by Gasteiger charge is 2.35. The largest absolute Gasteiger partial charge is 0.573 e. The number of alkyl halides is 3. The summed E-state index contributed by atoms with van der Waals surface area (Å²) in [7, 11) is 0. The van der Waals surface area contributed by atoms with Gasteiger partial charge < -0.3 is 15.4 Å². The maximum Gasteiger partial charge on any atom is 0.573 e. The van der Waals surface area contributed by atoms with Crippen molar-refractivity contribution in [1.82, 2.24) is 20.1 Å². The highest BCUT2D eigenvalue weighted by atomic mass is 35.5. The maximum absolute atomic E-state index is 12.7. The predicted octanol–water partition coefficient (Wildman–Crippen LogP) is 6.32. The quantitative estimate of drug-likeness (QED) is 0.265. The van der Waals surface area contributed by atoms with Crippen molar-refractivity contribution >= 4 is 58.3 Å². The van der Waals surface area contributed by atoms with Crippen LogP contribution in [0.3, 0.4) is 0 Å². The lowest BCUT2D eigenvalue weighted by Crippen LogP contribution is -2.46. The van der Waals surface area contributed by atoms with Crippen LogP contribution in [0.1, 0.15) is 0 Å². The molecule has 4 aromatic rings. The number of ether oxygens (including phenoxy) is 1. The maximum atomic E-state index is 12.7. The van der Waals surface area contributed by atoms with Crippen molar-refractivity contribution in [2.75, 3.05) is 16.0 Å². The van der Waals surface area contributed by atoms with Crippen LogP contribution in [0.5, 0.6) is 5.75 Å². The first kappa shape index (κ1) is 27.6. The van der Waals surface area contributed by atoms with Crippen LogP contribution in [0.2, 0.25) is 10.0 Å². The number of thioether (sulfide) groups is 1. The average molecular weight is 609 g/mol. The summed E-state index contributed by atoms with van der Waals surface area (Å²) in [6.07, 6.45) is -3.35. The Morgan fingerprint density at radius 1 is 1.05 bits per heavy atom. The molecule has 1 aliphatic heterocycles. The van der Waals surface area contributed by atoms with E-state index in [4.69, 9.17) is 23.2 Å². The van der Waals surface area contributed by atoms with Gasteiger partial charge in [-0.3, -0.25) is 9.69 Å². The number of amides is 3. The van der Waals surface area contributed by atoms with E-state index in [0.717, 1.165) is 0 Å². The molecule has 0 radical (unpaired) electrons. The minimum Gasteiger partial charge on any atom is -0.406 e. The molecule has 206 valence electrons. The molecule has 1 atom stereocenters. The minimum atomic E-state index is -4.77. The number of nitrogens with zero attached hydrogens (tertiary/aromatic N) is 4. The van der Waals surface area contributed by atoms with Gasteiger partial charge >= 0.3 is 12.4 Å². The fourth-order valence-corrected chi connectivity index (χ4v) is 5.28. The van der Waals surface area contributed by atoms with Gasteiger partial charge in [0.25, 0.3) is 0 Å². The summed E-state index contributed by atoms with van der Waals surface area (Å²) < 4.78 is 42.4. The van der Waals surface area contributed by atoms with E-state index in [2.05, 4.69) is 25.5 Å². The molecule has 2 heterocycles. The normalized spacial score (nSPS) is 15.3. The Kier molecular flexibility index (Phi) is 7.79. The first-order valence-electron chi connectivity index (χ1n) is 11.4. The third-order valence-corrected chi connectivity index (χ3v) is 7.12. The summed E-state index contributed by atoms with van der Waals surface area (Å²) in [6.45, 7) is 0. The molecule has 1 saturated heterocycles. The Balaban J connectivity index is 1.21. The molecule has 0 aliphatic carbocycles. The second-order valence-corrected chi connectivity index (χ2v) is 10.2. The van der Waals surface area contributed by atoms with E-state index in [1.807, 2.05) is 0 Å². The van der Waals surface area contributed by atoms with E-state index >= 15 is 0 Å². The summed E-state index contributed by atoms with van der Waals surface area (Å²) in [6, 6.07) is 16.1. The smallest absolute Gasteiger partial charge is 0.406 e. The van der Waals surface area contributed by atoms with Crippen molar-refractivity contribution in [3.05, 3.63) is 83.1 Å². The molecule has 9 nitrogen and oxygen atoms in total. The zero-order valence-corrected chi connectivity index (χ0v) is 22.4. The second kappa shape index (κ2) is 11.3. The van der Waals surface area contributed by atoms with Crippen LogP contribution in [0, 0.1) is 0 Å². The summed E-state index contributed by atoms with van der Waals surface area (Å²) in [5.74, 6) is -0.0170. The Bertz CT molecular complexity index is 1550. The van der Waals surface area contributed by atoms with Crippen LogP contribution in [0.25, 0.3) is 17.1 Å². The third-order valence-electron chi connectivity index (χ3n) is 5.52. The van der Waals surface area contributed by atoms with E-state index in [-0.39, 0.29) is 22.4 Å². The molecular formula is C25H17Cl2F3N6O3S. The van der Waals surface area contributed by atoms with Crippen LogP contribution >= 0.6 is 35.0 Å². The van der Waals surface area contributed by atoms with Gasteiger partial charge in [0.15, 0.2) is 11.3 Å². The number of aromatic nitrogens is 3. The first-order chi connectivity index (χ1) is 19.1. The van der Waals surface area contributed by atoms with Crippen LogP contribution in [0.4, 0.5) is 29.3 Å². The molecule has 0 spiro atoms. The van der Waals surface area contributed by atoms with Crippen molar-refractivity contribution < 1.29 is 27.5 Å². The monoisotopic (exact) mass is 608 g/mol. The first-order valence-corrected chi connectivity index (χ1v) is 13.2. The number of hydrogen-bond donors (Lipinski definition) is 2. The zero-order valence-electron chi connectivity index (χ0n) is 20.0. The fraction of sp³-hybridized carbons (Fsp3) is 0.120. The molecule has 1 fully saturated rings. The minimum absolute atomic E-state index is 0.170. The number of anilines is 2. The van der Waals surface area contributed by atoms with Crippen LogP contribution in [-0.2, 0) is 4.79 Å². The fourth-order valence-electron chi connectivity index (χ4n) is 3.77. The van der Waals surface area contributed by atoms with Crippen LogP contribution in [-0.4, -0.2) is 44.3 Å². The van der Waals surface area contributed by atoms with Gasteiger partial charge in [0.05, 0.1) is 22.2 Å². The molecule has 5 rings (SSSR count). The second-order valence-electron chi connectivity index (χ2n) is 8.25. The molecule has 1 unspecified atom stereocenters. The lowest BCUT2D eigenvalue weighted by Gasteiger charge is -2.25. The van der Waals surface area contributed by atoms with Gasteiger partial charge in [-0.05, 0) is 66.7 Å². The van der Waals surface area contributed by atoms with Crippen LogP contribution in [0.15, 0.2) is 73.1 Å². The van der Waals surface area contributed by atoms with E-state index in [1.54, 1.807) is 36.4 Å². The van der Waals surface area contributed by atoms with E-state index in [9.17, 15) is 22.8 Å². The Labute approximate surface area is 239 Å². The number of nitrogens with one attached hydrogen (secondary N) is 2. The molecule has 2 N–H and O–H groups in total. The van der Waals surface area contributed by atoms with Gasteiger partial charge in [-0.15, -0.1) is 30.0 Å². The number of rotatable bonds is 6. The van der Waals surface area contributed by atoms with Crippen molar-refractivity contribution in [2.24, 2.45) is 0 Å². The summed E-state index contributed by atoms with van der Waals surface area (Å²) in [4.78, 5) is 30.8. The Hall–Kier alpha value is -3.94. The van der Waals surface area contributed by atoms with Crippen molar-refractivity contribution in [1.29, 1.82) is 0 Å². The average Bonchev–Trinajstić information content (AvgIpc) is 3.52. The SMILES string of the molecule is O=C(Nc1ccc(-c2ncn(-c3ccc(OC(F)(F)F)cc3)n2)cc1)NC1SCC(=O)N1c1ccc(Cl)cc1Cl. The molecule has 3 aromatic carbocycles. The number of halogens is 5. The van der Waals surface area contributed by atoms with E-state index in [1.165, 1.54) is 58.0 Å². The predicted molar refractivity (Wildman–Crippen MR) is 146 cm³/mol. The summed E-state index contributed by atoms with van der Waals surface area (Å²) in [5, 5.41) is 10.5. The van der Waals surface area contributed by atoms with Gasteiger partial charge in [-0.1, -0.05) is 23.2 Å². The van der Waals surface area contributed by atoms with Crippen molar-refractivity contribution in [3.8, 4) is 22.8 Å². The number of benzene rings is 3. The Morgan fingerprint density at radius 2 is 1.77 bits per heavy atom. The molecule has 1 aromatic heterocycles. The molecule has 0 bridgehead atoms. The van der Waals surface area contributed by atoms with Crippen LogP contribution < -0.4 is 20.3 Å². The standard InChI is InChI=1S/C25H17Cl2F3N6O3S/c26-15-3-10-20(19(27)11-15)36-21(37)12-40-24(36)33-23(38)32-16-4-1-14(2-5-16)22-31-13-35(34-22)17-6-8-18(9-7-17)39-25(28,29)30/h1-11,13,24H,12H2,(H2,32,33,38). The van der Waals surface area contributed by atoms with Crippen molar-refractivity contribution in [2.45, 2.75) is 11.9 Å². The third kappa shape index (κ3) is 6.43. The summed E-state index contributed by atoms with van der Waals surface area (Å²) >= 11 is 13.5. The lowest BCUT2D eigenvalue weighted by molar-refractivity contribution is -0.274. The van der Waals surface area contributed by atoms with Gasteiger partial charge in [0.2, 0.25) is 5.91 Å². The van der Waals surface area contributed by atoms with Gasteiger partial charge in [-0.2, -0.15) is 0 Å². The molecule has 1 aliphatic rings. The molecule has 15 heteroatoms. The van der Waals surface area contributed by atoms with Gasteiger partial charge in [-0.25, -0.2) is 14.5 Å². The number of urea groups is 1. The molecule has 0 saturated carbocycles. The number of carbonyl (C=O) groups excluding carboxylic acids is 2. The van der Waals surface area contributed by atoms with E-state index in [0.29, 0.717) is 33.5 Å². The lowest BCUT2D eigenvalue weighted by atomic mass is 10.2. The summed E-state index contributed by atoms with van der Waals surface area (Å²) in [5.41, 5.74) is 1.37. The van der Waals surface area contributed by atoms with Crippen molar-refractivity contribution in [3.63, 3.8) is 0 Å². The molecule has 40 heavy (non-hydrogen) atoms. The zero-order chi connectivity index (χ0) is 28.4. The van der Waals surface area contributed by atoms with Gasteiger partial charge in [0.1, 0.15) is 12.1 Å². The molecule has 3 amide bonds. The Morgan fingerprint density at radius 3 is 2.45 bits per heavy atom. The van der Waals surface area contributed by atoms with E-state index < -0.39 is 17.9 Å². The topological polar surface area (TPSA) is 101 Å². The number of hydrogen-bond acceptors (Lipinski definition) is 6. The highest BCUT2D eigenvalue weighted by Crippen LogP contribution is 2.35. The molecular weight excluding hydrogens is 592 g/mol.